The summed E-state index contributed by atoms with van der Waals surface area (Å²) in [4.78, 5) is 36.6. The highest BCUT2D eigenvalue weighted by molar-refractivity contribution is 5.97. The van der Waals surface area contributed by atoms with Gasteiger partial charge in [0, 0.05) is 25.6 Å². The summed E-state index contributed by atoms with van der Waals surface area (Å²) in [5, 5.41) is 11.9. The van der Waals surface area contributed by atoms with Gasteiger partial charge in [-0.05, 0) is 30.7 Å². The molecule has 148 valence electrons. The van der Waals surface area contributed by atoms with E-state index in [9.17, 15) is 19.5 Å². The first kappa shape index (κ1) is 21.0. The van der Waals surface area contributed by atoms with Crippen molar-refractivity contribution in [1.82, 2.24) is 10.2 Å². The lowest BCUT2D eigenvalue weighted by Crippen LogP contribution is -2.46. The quantitative estimate of drug-likeness (QED) is 0.692. The molecule has 0 aliphatic heterocycles. The molecule has 7 nitrogen and oxygen atoms in total. The summed E-state index contributed by atoms with van der Waals surface area (Å²) in [6.45, 7) is 3.41. The third-order valence-electron chi connectivity index (χ3n) is 4.14. The lowest BCUT2D eigenvalue weighted by Gasteiger charge is -2.26. The van der Waals surface area contributed by atoms with Crippen molar-refractivity contribution in [3.63, 3.8) is 0 Å². The van der Waals surface area contributed by atoms with Gasteiger partial charge in [-0.1, -0.05) is 36.4 Å². The molecule has 1 atom stereocenters. The Bertz CT molecular complexity index is 823. The first-order valence-electron chi connectivity index (χ1n) is 8.93. The van der Waals surface area contributed by atoms with Gasteiger partial charge in [0.15, 0.2) is 0 Å². The van der Waals surface area contributed by atoms with Crippen LogP contribution in [0.25, 0.3) is 0 Å². The van der Waals surface area contributed by atoms with E-state index in [1.807, 2.05) is 30.3 Å². The Kier molecular flexibility index (Phi) is 7.56. The van der Waals surface area contributed by atoms with Crippen LogP contribution in [0.3, 0.4) is 0 Å². The molecule has 0 heterocycles. The van der Waals surface area contributed by atoms with E-state index in [4.69, 9.17) is 4.74 Å². The summed E-state index contributed by atoms with van der Waals surface area (Å²) in [5.74, 6) is -1.29. The zero-order valence-corrected chi connectivity index (χ0v) is 15.9. The normalized spacial score (nSPS) is 11.4. The summed E-state index contributed by atoms with van der Waals surface area (Å²) in [7, 11) is 0. The van der Waals surface area contributed by atoms with Crippen molar-refractivity contribution in [3.05, 3.63) is 65.7 Å². The highest BCUT2D eigenvalue weighted by atomic mass is 16.5. The maximum absolute atomic E-state index is 12.9. The van der Waals surface area contributed by atoms with E-state index < -0.39 is 17.9 Å². The van der Waals surface area contributed by atoms with Crippen LogP contribution in [-0.4, -0.2) is 46.9 Å². The molecule has 0 saturated heterocycles. The number of rotatable bonds is 9. The molecule has 7 heteroatoms. The smallest absolute Gasteiger partial charge is 0.326 e. The Balaban J connectivity index is 2.11. The second kappa shape index (κ2) is 10.1. The molecule has 2 N–H and O–H groups in total. The standard InChI is InChI=1S/C21H24N2O5/c1-15(21(26)27)23(12-11-22-16(2)24)20(25)18-9-6-10-19(13-18)28-14-17-7-4-3-5-8-17/h3-10,13,15H,11-12,14H2,1-2H3,(H,22,24)(H,26,27). The number of amides is 2. The van der Waals surface area contributed by atoms with Crippen LogP contribution in [0.5, 0.6) is 5.75 Å². The van der Waals surface area contributed by atoms with E-state index in [0.717, 1.165) is 5.56 Å². The van der Waals surface area contributed by atoms with E-state index in [1.165, 1.54) is 18.7 Å². The highest BCUT2D eigenvalue weighted by Crippen LogP contribution is 2.18. The molecule has 0 aliphatic rings. The van der Waals surface area contributed by atoms with Crippen LogP contribution in [-0.2, 0) is 16.2 Å². The molecule has 2 rings (SSSR count). The van der Waals surface area contributed by atoms with Gasteiger partial charge in [-0.3, -0.25) is 9.59 Å². The van der Waals surface area contributed by atoms with Crippen molar-refractivity contribution in [1.29, 1.82) is 0 Å². The van der Waals surface area contributed by atoms with Gasteiger partial charge in [-0.2, -0.15) is 0 Å². The second-order valence-electron chi connectivity index (χ2n) is 6.30. The van der Waals surface area contributed by atoms with Crippen LogP contribution in [0.2, 0.25) is 0 Å². The van der Waals surface area contributed by atoms with E-state index in [0.29, 0.717) is 17.9 Å². The predicted molar refractivity (Wildman–Crippen MR) is 104 cm³/mol. The molecule has 2 aromatic carbocycles. The van der Waals surface area contributed by atoms with Crippen molar-refractivity contribution in [2.24, 2.45) is 0 Å². The van der Waals surface area contributed by atoms with Gasteiger partial charge in [0.25, 0.3) is 5.91 Å². The topological polar surface area (TPSA) is 95.9 Å². The van der Waals surface area contributed by atoms with Crippen LogP contribution in [0.15, 0.2) is 54.6 Å². The SMILES string of the molecule is CC(=O)NCCN(C(=O)c1cccc(OCc2ccccc2)c1)C(C)C(=O)O. The van der Waals surface area contributed by atoms with Crippen molar-refractivity contribution >= 4 is 17.8 Å². The Morgan fingerprint density at radius 3 is 2.46 bits per heavy atom. The van der Waals surface area contributed by atoms with Crippen molar-refractivity contribution in [3.8, 4) is 5.75 Å². The van der Waals surface area contributed by atoms with Gasteiger partial charge in [0.1, 0.15) is 18.4 Å². The van der Waals surface area contributed by atoms with Gasteiger partial charge in [-0.15, -0.1) is 0 Å². The fourth-order valence-electron chi connectivity index (χ4n) is 2.58. The Morgan fingerprint density at radius 2 is 1.82 bits per heavy atom. The first-order chi connectivity index (χ1) is 13.4. The van der Waals surface area contributed by atoms with Crippen molar-refractivity contribution < 1.29 is 24.2 Å². The number of hydrogen-bond donors (Lipinski definition) is 2. The minimum Gasteiger partial charge on any atom is -0.489 e. The van der Waals surface area contributed by atoms with Gasteiger partial charge in [0.05, 0.1) is 0 Å². The summed E-state index contributed by atoms with van der Waals surface area (Å²) >= 11 is 0. The molecular formula is C21H24N2O5. The lowest BCUT2D eigenvalue weighted by molar-refractivity contribution is -0.141. The van der Waals surface area contributed by atoms with Crippen molar-refractivity contribution in [2.45, 2.75) is 26.5 Å². The van der Waals surface area contributed by atoms with E-state index >= 15 is 0 Å². The fraction of sp³-hybridized carbons (Fsp3) is 0.286. The van der Waals surface area contributed by atoms with Crippen LogP contribution < -0.4 is 10.1 Å². The number of carbonyl (C=O) groups is 3. The third kappa shape index (κ3) is 6.12. The number of nitrogens with one attached hydrogen (secondary N) is 1. The van der Waals surface area contributed by atoms with E-state index in [-0.39, 0.29) is 19.0 Å². The first-order valence-corrected chi connectivity index (χ1v) is 8.93. The Labute approximate surface area is 163 Å². The molecule has 2 amide bonds. The van der Waals surface area contributed by atoms with Gasteiger partial charge >= 0.3 is 5.97 Å². The fourth-order valence-corrected chi connectivity index (χ4v) is 2.58. The molecular weight excluding hydrogens is 360 g/mol. The number of benzene rings is 2. The van der Waals surface area contributed by atoms with Gasteiger partial charge in [-0.25, -0.2) is 4.79 Å². The molecule has 0 saturated carbocycles. The second-order valence-corrected chi connectivity index (χ2v) is 6.30. The predicted octanol–water partition coefficient (Wildman–Crippen LogP) is 2.32. The number of carbonyl (C=O) groups excluding carboxylic acids is 2. The lowest BCUT2D eigenvalue weighted by atomic mass is 10.1. The average molecular weight is 384 g/mol. The Morgan fingerprint density at radius 1 is 1.11 bits per heavy atom. The van der Waals surface area contributed by atoms with E-state index in [2.05, 4.69) is 5.32 Å². The third-order valence-corrected chi connectivity index (χ3v) is 4.14. The van der Waals surface area contributed by atoms with Crippen LogP contribution in [0.4, 0.5) is 0 Å². The zero-order valence-electron chi connectivity index (χ0n) is 15.9. The summed E-state index contributed by atoms with van der Waals surface area (Å²) in [6.07, 6.45) is 0. The minimum atomic E-state index is -1.12. The average Bonchev–Trinajstić information content (AvgIpc) is 2.69. The minimum absolute atomic E-state index is 0.0843. The number of carboxylic acids is 1. The van der Waals surface area contributed by atoms with Crippen LogP contribution in [0.1, 0.15) is 29.8 Å². The molecule has 0 aromatic heterocycles. The largest absolute Gasteiger partial charge is 0.489 e. The monoisotopic (exact) mass is 384 g/mol. The number of nitrogens with zero attached hydrogens (tertiary/aromatic N) is 1. The molecule has 0 aliphatic carbocycles. The molecule has 28 heavy (non-hydrogen) atoms. The van der Waals surface area contributed by atoms with E-state index in [1.54, 1.807) is 24.3 Å². The molecule has 1 unspecified atom stereocenters. The molecule has 0 bridgehead atoms. The number of aliphatic carboxylic acids is 1. The zero-order chi connectivity index (χ0) is 20.5. The molecule has 0 radical (unpaired) electrons. The maximum atomic E-state index is 12.9. The maximum Gasteiger partial charge on any atom is 0.326 e. The van der Waals surface area contributed by atoms with Gasteiger partial charge in [0.2, 0.25) is 5.91 Å². The molecule has 0 spiro atoms. The summed E-state index contributed by atoms with van der Waals surface area (Å²) in [6, 6.07) is 15.2. The molecule has 0 fully saturated rings. The highest BCUT2D eigenvalue weighted by Gasteiger charge is 2.26. The summed E-state index contributed by atoms with van der Waals surface area (Å²) in [5.41, 5.74) is 1.32. The number of ether oxygens (including phenoxy) is 1. The van der Waals surface area contributed by atoms with Crippen molar-refractivity contribution in [2.75, 3.05) is 13.1 Å². The summed E-state index contributed by atoms with van der Waals surface area (Å²) < 4.78 is 5.74. The molecule has 2 aromatic rings. The number of hydrogen-bond acceptors (Lipinski definition) is 4. The van der Waals surface area contributed by atoms with Crippen LogP contribution >= 0.6 is 0 Å². The Hall–Kier alpha value is -3.35. The van der Waals surface area contributed by atoms with Gasteiger partial charge < -0.3 is 20.1 Å². The number of carboxylic acid groups (broad SMARTS) is 1. The van der Waals surface area contributed by atoms with Crippen LogP contribution in [0, 0.1) is 0 Å².